The second-order valence-corrected chi connectivity index (χ2v) is 7.09. The van der Waals surface area contributed by atoms with Gasteiger partial charge in [0.2, 0.25) is 0 Å². The van der Waals surface area contributed by atoms with E-state index in [-0.39, 0.29) is 6.10 Å². The summed E-state index contributed by atoms with van der Waals surface area (Å²) in [5.74, 6) is 1.46. The number of hydrogen-bond acceptors (Lipinski definition) is 2. The molecule has 1 atom stereocenters. The molecule has 0 aliphatic carbocycles. The van der Waals surface area contributed by atoms with E-state index in [1.54, 1.807) is 0 Å². The zero-order chi connectivity index (χ0) is 17.1. The van der Waals surface area contributed by atoms with Crippen molar-refractivity contribution in [3.63, 3.8) is 0 Å². The lowest BCUT2D eigenvalue weighted by Crippen LogP contribution is -2.32. The predicted octanol–water partition coefficient (Wildman–Crippen LogP) is 5.61. The van der Waals surface area contributed by atoms with Crippen LogP contribution in [0.4, 0.5) is 0 Å². The van der Waals surface area contributed by atoms with Gasteiger partial charge in [-0.3, -0.25) is 0 Å². The molecule has 2 nitrogen and oxygen atoms in total. The number of nitrogens with one attached hydrogen (secondary N) is 1. The largest absolute Gasteiger partial charge is 0.485 e. The molecular weight excluding hydrogens is 330 g/mol. The molecule has 1 fully saturated rings. The number of ether oxygens (including phenoxy) is 1. The Balaban J connectivity index is 1.71. The topological polar surface area (TPSA) is 21.3 Å². The van der Waals surface area contributed by atoms with Crippen molar-refractivity contribution in [1.82, 2.24) is 5.32 Å². The molecule has 128 valence electrons. The van der Waals surface area contributed by atoms with Gasteiger partial charge in [-0.05, 0) is 55.1 Å². The summed E-state index contributed by atoms with van der Waals surface area (Å²) in [5, 5.41) is 6.58. The maximum atomic E-state index is 6.62. The van der Waals surface area contributed by atoms with Crippen LogP contribution in [-0.4, -0.2) is 13.1 Å². The monoisotopic (exact) mass is 351 g/mol. The lowest BCUT2D eigenvalue weighted by Gasteiger charge is -2.32. The van der Waals surface area contributed by atoms with Gasteiger partial charge in [-0.25, -0.2) is 0 Å². The van der Waals surface area contributed by atoms with Crippen molar-refractivity contribution in [2.75, 3.05) is 13.1 Å². The summed E-state index contributed by atoms with van der Waals surface area (Å²) >= 11 is 6.09. The fourth-order valence-electron chi connectivity index (χ4n) is 3.67. The molecule has 0 amide bonds. The van der Waals surface area contributed by atoms with Gasteiger partial charge in [0.05, 0.1) is 0 Å². The third kappa shape index (κ3) is 3.65. The van der Waals surface area contributed by atoms with E-state index < -0.39 is 0 Å². The van der Waals surface area contributed by atoms with Crippen molar-refractivity contribution in [1.29, 1.82) is 0 Å². The second kappa shape index (κ2) is 7.47. The normalized spacial score (nSPS) is 16.7. The molecular formula is C22H22ClNO. The average molecular weight is 352 g/mol. The van der Waals surface area contributed by atoms with E-state index in [0.29, 0.717) is 5.92 Å². The number of rotatable bonds is 4. The van der Waals surface area contributed by atoms with Crippen molar-refractivity contribution < 1.29 is 4.74 Å². The molecule has 1 saturated heterocycles. The van der Waals surface area contributed by atoms with Crippen LogP contribution in [0.2, 0.25) is 5.02 Å². The molecule has 1 N–H and O–H groups in total. The van der Waals surface area contributed by atoms with Crippen LogP contribution in [0, 0.1) is 5.92 Å². The Morgan fingerprint density at radius 2 is 1.60 bits per heavy atom. The molecule has 1 aliphatic heterocycles. The zero-order valence-corrected chi connectivity index (χ0v) is 14.9. The Morgan fingerprint density at radius 1 is 0.880 bits per heavy atom. The van der Waals surface area contributed by atoms with Gasteiger partial charge < -0.3 is 10.1 Å². The first-order valence-electron chi connectivity index (χ1n) is 8.92. The quantitative estimate of drug-likeness (QED) is 0.659. The third-order valence-corrected chi connectivity index (χ3v) is 5.27. The fraction of sp³-hybridized carbons (Fsp3) is 0.273. The molecule has 1 aliphatic rings. The minimum atomic E-state index is 0.0465. The SMILES string of the molecule is Clc1ccc(C(Oc2cccc3ccccc23)C2CCNCC2)cc1. The van der Waals surface area contributed by atoms with Crippen molar-refractivity contribution in [2.24, 2.45) is 5.92 Å². The van der Waals surface area contributed by atoms with E-state index in [4.69, 9.17) is 16.3 Å². The molecule has 1 heterocycles. The van der Waals surface area contributed by atoms with Crippen LogP contribution < -0.4 is 10.1 Å². The summed E-state index contributed by atoms with van der Waals surface area (Å²) in [6, 6.07) is 22.8. The Hall–Kier alpha value is -2.03. The van der Waals surface area contributed by atoms with Crippen LogP contribution in [-0.2, 0) is 0 Å². The van der Waals surface area contributed by atoms with Crippen molar-refractivity contribution in [3.05, 3.63) is 77.3 Å². The molecule has 0 bridgehead atoms. The van der Waals surface area contributed by atoms with Crippen molar-refractivity contribution in [2.45, 2.75) is 18.9 Å². The molecule has 1 unspecified atom stereocenters. The summed E-state index contributed by atoms with van der Waals surface area (Å²) in [4.78, 5) is 0. The van der Waals surface area contributed by atoms with E-state index in [2.05, 4.69) is 59.9 Å². The molecule has 3 aromatic rings. The molecule has 0 radical (unpaired) electrons. The van der Waals surface area contributed by atoms with Crippen LogP contribution in [0.15, 0.2) is 66.7 Å². The van der Waals surface area contributed by atoms with E-state index in [1.807, 2.05) is 12.1 Å². The first-order chi connectivity index (χ1) is 12.3. The highest BCUT2D eigenvalue weighted by Crippen LogP contribution is 2.36. The average Bonchev–Trinajstić information content (AvgIpc) is 2.68. The van der Waals surface area contributed by atoms with Gasteiger partial charge in [0.25, 0.3) is 0 Å². The number of benzene rings is 3. The lowest BCUT2D eigenvalue weighted by atomic mass is 9.88. The van der Waals surface area contributed by atoms with Crippen molar-refractivity contribution >= 4 is 22.4 Å². The van der Waals surface area contributed by atoms with E-state index in [0.717, 1.165) is 42.1 Å². The molecule has 3 aromatic carbocycles. The summed E-state index contributed by atoms with van der Waals surface area (Å²) in [6.07, 6.45) is 2.29. The zero-order valence-electron chi connectivity index (χ0n) is 14.1. The molecule has 0 aromatic heterocycles. The van der Waals surface area contributed by atoms with Gasteiger partial charge >= 0.3 is 0 Å². The number of piperidine rings is 1. The van der Waals surface area contributed by atoms with Gasteiger partial charge in [0.15, 0.2) is 0 Å². The maximum Gasteiger partial charge on any atom is 0.128 e. The third-order valence-electron chi connectivity index (χ3n) is 5.01. The minimum absolute atomic E-state index is 0.0465. The van der Waals surface area contributed by atoms with Gasteiger partial charge in [0.1, 0.15) is 11.9 Å². The Kier molecular flexibility index (Phi) is 4.91. The molecule has 25 heavy (non-hydrogen) atoms. The van der Waals surface area contributed by atoms with Gasteiger partial charge in [0, 0.05) is 16.3 Å². The Labute approximate surface area is 153 Å². The Morgan fingerprint density at radius 3 is 2.40 bits per heavy atom. The van der Waals surface area contributed by atoms with Gasteiger partial charge in [-0.2, -0.15) is 0 Å². The molecule has 4 rings (SSSR count). The summed E-state index contributed by atoms with van der Waals surface area (Å²) in [5.41, 5.74) is 1.20. The number of fused-ring (bicyclic) bond motifs is 1. The smallest absolute Gasteiger partial charge is 0.128 e. The van der Waals surface area contributed by atoms with E-state index in [9.17, 15) is 0 Å². The molecule has 0 saturated carbocycles. The van der Waals surface area contributed by atoms with Crippen LogP contribution in [0.3, 0.4) is 0 Å². The van der Waals surface area contributed by atoms with Crippen LogP contribution >= 0.6 is 11.6 Å². The fourth-order valence-corrected chi connectivity index (χ4v) is 3.80. The number of halogens is 1. The first kappa shape index (κ1) is 16.4. The Bertz CT molecular complexity index is 835. The highest BCUT2D eigenvalue weighted by Gasteiger charge is 2.27. The van der Waals surface area contributed by atoms with Crippen LogP contribution in [0.1, 0.15) is 24.5 Å². The van der Waals surface area contributed by atoms with Crippen LogP contribution in [0.5, 0.6) is 5.75 Å². The standard InChI is InChI=1S/C22H22ClNO/c23-19-10-8-17(9-11-19)22(18-12-14-24-15-13-18)25-21-7-3-5-16-4-1-2-6-20(16)21/h1-11,18,22,24H,12-15H2. The maximum absolute atomic E-state index is 6.62. The highest BCUT2D eigenvalue weighted by molar-refractivity contribution is 6.30. The van der Waals surface area contributed by atoms with Gasteiger partial charge in [-0.15, -0.1) is 0 Å². The minimum Gasteiger partial charge on any atom is -0.485 e. The van der Waals surface area contributed by atoms with Crippen LogP contribution in [0.25, 0.3) is 10.8 Å². The summed E-state index contributed by atoms with van der Waals surface area (Å²) in [7, 11) is 0. The molecule has 0 spiro atoms. The first-order valence-corrected chi connectivity index (χ1v) is 9.30. The number of hydrogen-bond donors (Lipinski definition) is 1. The van der Waals surface area contributed by atoms with E-state index >= 15 is 0 Å². The predicted molar refractivity (Wildman–Crippen MR) is 104 cm³/mol. The lowest BCUT2D eigenvalue weighted by molar-refractivity contribution is 0.114. The second-order valence-electron chi connectivity index (χ2n) is 6.65. The summed E-state index contributed by atoms with van der Waals surface area (Å²) < 4.78 is 6.62. The van der Waals surface area contributed by atoms with Crippen molar-refractivity contribution in [3.8, 4) is 5.75 Å². The highest BCUT2D eigenvalue weighted by atomic mass is 35.5. The summed E-state index contributed by atoms with van der Waals surface area (Å²) in [6.45, 7) is 2.10. The van der Waals surface area contributed by atoms with Gasteiger partial charge in [-0.1, -0.05) is 60.1 Å². The molecule has 3 heteroatoms. The van der Waals surface area contributed by atoms with E-state index in [1.165, 1.54) is 10.9 Å².